The van der Waals surface area contributed by atoms with E-state index in [0.29, 0.717) is 6.42 Å². The van der Waals surface area contributed by atoms with Gasteiger partial charge in [-0.25, -0.2) is 8.42 Å². The number of rotatable bonds is 12. The lowest BCUT2D eigenvalue weighted by Crippen LogP contribution is -2.36. The van der Waals surface area contributed by atoms with Gasteiger partial charge >= 0.3 is 0 Å². The van der Waals surface area contributed by atoms with Gasteiger partial charge in [0.05, 0.1) is 46.6 Å². The summed E-state index contributed by atoms with van der Waals surface area (Å²) in [6.45, 7) is 5.11. The van der Waals surface area contributed by atoms with E-state index in [-0.39, 0.29) is 22.0 Å². The van der Waals surface area contributed by atoms with Crippen molar-refractivity contribution in [2.75, 3.05) is 19.5 Å². The highest BCUT2D eigenvalue weighted by molar-refractivity contribution is 7.91. The molecule has 3 rings (SSSR count). The quantitative estimate of drug-likeness (QED) is 0.333. The second-order valence-corrected chi connectivity index (χ2v) is 12.3. The van der Waals surface area contributed by atoms with Crippen LogP contribution < -0.4 is 0 Å². The highest BCUT2D eigenvalue weighted by atomic mass is 32.2. The molecule has 2 aromatic carbocycles. The van der Waals surface area contributed by atoms with Crippen LogP contribution >= 0.6 is 0 Å². The van der Waals surface area contributed by atoms with Crippen molar-refractivity contribution < 1.29 is 35.6 Å². The standard InChI is InChI=1S/C25H32O8S2/c1-4-8-23-22(17-34(27,28)20-9-6-5-7-10-20)25(31-3)24(33-23)15-19(26)16-32-35(29,30)21-13-11-18(2)12-14-21/h4-7,9-14,19,22-26H,1,8,15-17H2,2-3H3/t19-,22-,23-,24+,25+/m0/s1. The Morgan fingerprint density at radius 3 is 2.29 bits per heavy atom. The summed E-state index contributed by atoms with van der Waals surface area (Å²) in [5.41, 5.74) is 0.908. The van der Waals surface area contributed by atoms with Crippen molar-refractivity contribution in [2.45, 2.75) is 54.0 Å². The minimum absolute atomic E-state index is 0.000543. The van der Waals surface area contributed by atoms with E-state index in [4.69, 9.17) is 13.7 Å². The molecule has 0 bridgehead atoms. The minimum Gasteiger partial charge on any atom is -0.391 e. The Morgan fingerprint density at radius 1 is 1.03 bits per heavy atom. The lowest BCUT2D eigenvalue weighted by molar-refractivity contribution is -0.0371. The number of benzene rings is 2. The molecule has 8 nitrogen and oxygen atoms in total. The fourth-order valence-corrected chi connectivity index (χ4v) is 6.87. The van der Waals surface area contributed by atoms with Crippen molar-refractivity contribution in [1.82, 2.24) is 0 Å². The lowest BCUT2D eigenvalue weighted by atomic mass is 9.94. The van der Waals surface area contributed by atoms with Gasteiger partial charge in [0.15, 0.2) is 9.84 Å². The van der Waals surface area contributed by atoms with Crippen LogP contribution in [-0.2, 0) is 33.6 Å². The molecule has 0 unspecified atom stereocenters. The van der Waals surface area contributed by atoms with Crippen LogP contribution in [0.15, 0.2) is 77.0 Å². The largest absolute Gasteiger partial charge is 0.391 e. The van der Waals surface area contributed by atoms with Crippen molar-refractivity contribution in [3.63, 3.8) is 0 Å². The maximum Gasteiger partial charge on any atom is 0.297 e. The molecule has 0 spiro atoms. The van der Waals surface area contributed by atoms with Crippen LogP contribution in [0.5, 0.6) is 0 Å². The normalized spacial score (nSPS) is 23.7. The predicted octanol–water partition coefficient (Wildman–Crippen LogP) is 2.90. The smallest absolute Gasteiger partial charge is 0.297 e. The molecular weight excluding hydrogens is 492 g/mol. The number of aliphatic hydroxyl groups is 1. The molecule has 1 saturated heterocycles. The zero-order valence-electron chi connectivity index (χ0n) is 19.8. The summed E-state index contributed by atoms with van der Waals surface area (Å²) >= 11 is 0. The van der Waals surface area contributed by atoms with Gasteiger partial charge < -0.3 is 14.6 Å². The molecule has 1 fully saturated rings. The van der Waals surface area contributed by atoms with Crippen LogP contribution in [0.2, 0.25) is 0 Å². The number of aliphatic hydroxyl groups excluding tert-OH is 1. The minimum atomic E-state index is -4.03. The Hall–Kier alpha value is -2.08. The third kappa shape index (κ3) is 6.99. The van der Waals surface area contributed by atoms with E-state index < -0.39 is 56.9 Å². The van der Waals surface area contributed by atoms with Crippen molar-refractivity contribution in [2.24, 2.45) is 5.92 Å². The SMILES string of the molecule is C=CC[C@@H]1O[C@H](C[C@H](O)COS(=O)(=O)c2ccc(C)cc2)[C@H](OC)[C@H]1CS(=O)(=O)c1ccccc1. The summed E-state index contributed by atoms with van der Waals surface area (Å²) < 4.78 is 67.6. The van der Waals surface area contributed by atoms with Gasteiger partial charge in [-0.15, -0.1) is 6.58 Å². The van der Waals surface area contributed by atoms with Crippen LogP contribution in [0, 0.1) is 12.8 Å². The molecule has 0 saturated carbocycles. The Balaban J connectivity index is 1.68. The van der Waals surface area contributed by atoms with Gasteiger partial charge in [-0.1, -0.05) is 42.0 Å². The van der Waals surface area contributed by atoms with Crippen molar-refractivity contribution in [1.29, 1.82) is 0 Å². The highest BCUT2D eigenvalue weighted by Crippen LogP contribution is 2.36. The van der Waals surface area contributed by atoms with Crippen molar-refractivity contribution in [3.8, 4) is 0 Å². The second-order valence-electron chi connectivity index (χ2n) is 8.64. The van der Waals surface area contributed by atoms with Crippen LogP contribution in [-0.4, -0.2) is 65.8 Å². The van der Waals surface area contributed by atoms with E-state index in [1.165, 1.54) is 19.2 Å². The van der Waals surface area contributed by atoms with Gasteiger partial charge in [-0.05, 0) is 37.6 Å². The highest BCUT2D eigenvalue weighted by Gasteiger charge is 2.46. The van der Waals surface area contributed by atoms with Gasteiger partial charge in [0.2, 0.25) is 0 Å². The van der Waals surface area contributed by atoms with Gasteiger partial charge in [-0.2, -0.15) is 8.42 Å². The molecule has 1 N–H and O–H groups in total. The van der Waals surface area contributed by atoms with E-state index in [2.05, 4.69) is 6.58 Å². The maximum atomic E-state index is 13.0. The van der Waals surface area contributed by atoms with E-state index in [1.54, 1.807) is 48.5 Å². The third-order valence-electron chi connectivity index (χ3n) is 6.03. The summed E-state index contributed by atoms with van der Waals surface area (Å²) in [7, 11) is -6.19. The molecule has 192 valence electrons. The van der Waals surface area contributed by atoms with Gasteiger partial charge in [-0.3, -0.25) is 4.18 Å². The summed E-state index contributed by atoms with van der Waals surface area (Å²) in [5.74, 6) is -0.698. The second kappa shape index (κ2) is 11.8. The number of sulfone groups is 1. The topological polar surface area (TPSA) is 116 Å². The van der Waals surface area contributed by atoms with Gasteiger partial charge in [0.1, 0.15) is 0 Å². The molecule has 2 aromatic rings. The van der Waals surface area contributed by atoms with Crippen LogP contribution in [0.4, 0.5) is 0 Å². The first kappa shape index (κ1) is 27.5. The van der Waals surface area contributed by atoms with Crippen LogP contribution in [0.3, 0.4) is 0 Å². The lowest BCUT2D eigenvalue weighted by Gasteiger charge is -2.24. The molecule has 35 heavy (non-hydrogen) atoms. The first-order valence-electron chi connectivity index (χ1n) is 11.3. The monoisotopic (exact) mass is 524 g/mol. The van der Waals surface area contributed by atoms with Crippen LogP contribution in [0.1, 0.15) is 18.4 Å². The predicted molar refractivity (Wildman–Crippen MR) is 131 cm³/mol. The van der Waals surface area contributed by atoms with E-state index in [0.717, 1.165) is 5.56 Å². The van der Waals surface area contributed by atoms with Crippen molar-refractivity contribution >= 4 is 20.0 Å². The van der Waals surface area contributed by atoms with E-state index in [9.17, 15) is 21.9 Å². The van der Waals surface area contributed by atoms with Crippen molar-refractivity contribution in [3.05, 3.63) is 72.8 Å². The Kier molecular flexibility index (Phi) is 9.25. The Bertz CT molecular complexity index is 1180. The zero-order valence-corrected chi connectivity index (χ0v) is 21.5. The molecule has 1 heterocycles. The number of aryl methyl sites for hydroxylation is 1. The zero-order chi connectivity index (χ0) is 25.6. The molecule has 1 aliphatic rings. The molecule has 0 aromatic heterocycles. The first-order chi connectivity index (χ1) is 16.6. The number of hydrogen-bond donors (Lipinski definition) is 1. The average molecular weight is 525 g/mol. The third-order valence-corrected chi connectivity index (χ3v) is 9.14. The van der Waals surface area contributed by atoms with E-state index >= 15 is 0 Å². The van der Waals surface area contributed by atoms with Crippen LogP contribution in [0.25, 0.3) is 0 Å². The average Bonchev–Trinajstić information content (AvgIpc) is 3.13. The molecule has 0 amide bonds. The molecular formula is C25H32O8S2. The summed E-state index contributed by atoms with van der Waals surface area (Å²) in [4.78, 5) is 0.213. The molecule has 0 radical (unpaired) electrons. The number of ether oxygens (including phenoxy) is 2. The number of hydrogen-bond acceptors (Lipinski definition) is 8. The fourth-order valence-electron chi connectivity index (χ4n) is 4.26. The summed E-state index contributed by atoms with van der Waals surface area (Å²) in [6, 6.07) is 14.4. The van der Waals surface area contributed by atoms with Gasteiger partial charge in [0.25, 0.3) is 10.1 Å². The summed E-state index contributed by atoms with van der Waals surface area (Å²) in [5, 5.41) is 10.5. The summed E-state index contributed by atoms with van der Waals surface area (Å²) in [6.07, 6.45) is -0.868. The molecule has 0 aliphatic carbocycles. The fraction of sp³-hybridized carbons (Fsp3) is 0.440. The van der Waals surface area contributed by atoms with E-state index in [1.807, 2.05) is 6.92 Å². The van der Waals surface area contributed by atoms with Gasteiger partial charge in [0, 0.05) is 19.4 Å². The Labute approximate surface area is 207 Å². The molecule has 10 heteroatoms. The molecule has 1 aliphatic heterocycles. The maximum absolute atomic E-state index is 13.0. The number of methoxy groups -OCH3 is 1. The molecule has 5 atom stereocenters. The first-order valence-corrected chi connectivity index (χ1v) is 14.3. The Morgan fingerprint density at radius 2 is 1.69 bits per heavy atom.